The van der Waals surface area contributed by atoms with E-state index in [9.17, 15) is 0 Å². The summed E-state index contributed by atoms with van der Waals surface area (Å²) in [7, 11) is 0. The first-order valence-corrected chi connectivity index (χ1v) is 8.97. The predicted molar refractivity (Wildman–Crippen MR) is 85.1 cm³/mol. The monoisotopic (exact) mass is 282 g/mol. The van der Waals surface area contributed by atoms with Gasteiger partial charge in [0.25, 0.3) is 0 Å². The molecule has 2 fully saturated rings. The fourth-order valence-corrected chi connectivity index (χ4v) is 3.55. The zero-order chi connectivity index (χ0) is 14.0. The molecule has 2 unspecified atom stereocenters. The van der Waals surface area contributed by atoms with Crippen LogP contribution in [-0.2, 0) is 4.74 Å². The number of unbranched alkanes of at least 4 members (excludes halogenated alkanes) is 2. The summed E-state index contributed by atoms with van der Waals surface area (Å²) in [6.45, 7) is 6.92. The third-order valence-electron chi connectivity index (χ3n) is 4.86. The van der Waals surface area contributed by atoms with Gasteiger partial charge in [-0.3, -0.25) is 0 Å². The van der Waals surface area contributed by atoms with Crippen molar-refractivity contribution in [3.63, 3.8) is 0 Å². The van der Waals surface area contributed by atoms with Crippen molar-refractivity contribution in [1.29, 1.82) is 0 Å². The van der Waals surface area contributed by atoms with E-state index in [1.807, 2.05) is 0 Å². The molecule has 0 radical (unpaired) electrons. The van der Waals surface area contributed by atoms with Crippen LogP contribution in [0.1, 0.15) is 64.7 Å². The molecule has 0 aromatic heterocycles. The van der Waals surface area contributed by atoms with Crippen LogP contribution in [0, 0.1) is 5.92 Å². The van der Waals surface area contributed by atoms with Crippen molar-refractivity contribution in [2.75, 3.05) is 26.2 Å². The van der Waals surface area contributed by atoms with E-state index in [1.54, 1.807) is 0 Å². The van der Waals surface area contributed by atoms with Crippen LogP contribution in [0.2, 0.25) is 0 Å². The molecule has 3 nitrogen and oxygen atoms in total. The van der Waals surface area contributed by atoms with E-state index >= 15 is 0 Å². The molecule has 2 N–H and O–H groups in total. The molecule has 118 valence electrons. The minimum Gasteiger partial charge on any atom is -0.375 e. The molecule has 2 rings (SSSR count). The molecular weight excluding hydrogens is 248 g/mol. The predicted octanol–water partition coefficient (Wildman–Crippen LogP) is 3.09. The molecule has 2 aliphatic rings. The minimum atomic E-state index is 0.496. The van der Waals surface area contributed by atoms with Crippen molar-refractivity contribution in [2.45, 2.75) is 76.9 Å². The van der Waals surface area contributed by atoms with E-state index < -0.39 is 0 Å². The highest BCUT2D eigenvalue weighted by Crippen LogP contribution is 2.25. The lowest BCUT2D eigenvalue weighted by Gasteiger charge is -2.32. The van der Waals surface area contributed by atoms with E-state index in [0.717, 1.165) is 19.0 Å². The van der Waals surface area contributed by atoms with Gasteiger partial charge in [-0.1, -0.05) is 32.6 Å². The van der Waals surface area contributed by atoms with Crippen LogP contribution in [-0.4, -0.2) is 38.4 Å². The topological polar surface area (TPSA) is 33.3 Å². The first kappa shape index (κ1) is 16.3. The number of hydrogen-bond acceptors (Lipinski definition) is 3. The SMILES string of the molecule is CCCCCC(OC1CCNCC1)C1CCCCNC1. The first-order chi connectivity index (χ1) is 9.90. The highest BCUT2D eigenvalue weighted by atomic mass is 16.5. The summed E-state index contributed by atoms with van der Waals surface area (Å²) >= 11 is 0. The second-order valence-corrected chi connectivity index (χ2v) is 6.58. The largest absolute Gasteiger partial charge is 0.375 e. The molecule has 2 aliphatic heterocycles. The molecule has 0 amide bonds. The first-order valence-electron chi connectivity index (χ1n) is 8.97. The molecule has 3 heteroatoms. The van der Waals surface area contributed by atoms with Gasteiger partial charge in [0.1, 0.15) is 0 Å². The molecule has 2 heterocycles. The summed E-state index contributed by atoms with van der Waals surface area (Å²) in [6, 6.07) is 0. The molecule has 0 aliphatic carbocycles. The van der Waals surface area contributed by atoms with Crippen molar-refractivity contribution in [1.82, 2.24) is 10.6 Å². The van der Waals surface area contributed by atoms with Crippen molar-refractivity contribution in [3.8, 4) is 0 Å². The maximum atomic E-state index is 6.55. The van der Waals surface area contributed by atoms with Gasteiger partial charge in [-0.05, 0) is 57.7 Å². The van der Waals surface area contributed by atoms with Crippen LogP contribution < -0.4 is 10.6 Å². The van der Waals surface area contributed by atoms with E-state index in [1.165, 1.54) is 70.9 Å². The molecule has 0 aromatic carbocycles. The third kappa shape index (κ3) is 5.71. The van der Waals surface area contributed by atoms with Crippen molar-refractivity contribution in [3.05, 3.63) is 0 Å². The third-order valence-corrected chi connectivity index (χ3v) is 4.86. The van der Waals surface area contributed by atoms with Gasteiger partial charge in [0, 0.05) is 6.54 Å². The molecule has 0 spiro atoms. The van der Waals surface area contributed by atoms with Crippen LogP contribution in [0.4, 0.5) is 0 Å². The Morgan fingerprint density at radius 2 is 1.85 bits per heavy atom. The number of piperidine rings is 1. The summed E-state index contributed by atoms with van der Waals surface area (Å²) in [6.07, 6.45) is 12.7. The Labute approximate surface area is 125 Å². The van der Waals surface area contributed by atoms with E-state index in [4.69, 9.17) is 4.74 Å². The average Bonchev–Trinajstić information content (AvgIpc) is 2.76. The Bertz CT molecular complexity index is 233. The van der Waals surface area contributed by atoms with Crippen molar-refractivity contribution in [2.24, 2.45) is 5.92 Å². The quantitative estimate of drug-likeness (QED) is 0.704. The lowest BCUT2D eigenvalue weighted by atomic mass is 9.92. The fourth-order valence-electron chi connectivity index (χ4n) is 3.55. The van der Waals surface area contributed by atoms with Gasteiger partial charge in [-0.2, -0.15) is 0 Å². The minimum absolute atomic E-state index is 0.496. The highest BCUT2D eigenvalue weighted by Gasteiger charge is 2.26. The number of rotatable bonds is 7. The van der Waals surface area contributed by atoms with Gasteiger partial charge in [0.05, 0.1) is 12.2 Å². The van der Waals surface area contributed by atoms with Gasteiger partial charge in [-0.25, -0.2) is 0 Å². The summed E-state index contributed by atoms with van der Waals surface area (Å²) in [4.78, 5) is 0. The van der Waals surface area contributed by atoms with Crippen molar-refractivity contribution >= 4 is 0 Å². The number of nitrogens with one attached hydrogen (secondary N) is 2. The fraction of sp³-hybridized carbons (Fsp3) is 1.00. The lowest BCUT2D eigenvalue weighted by molar-refractivity contribution is -0.0597. The zero-order valence-electron chi connectivity index (χ0n) is 13.3. The Balaban J connectivity index is 1.84. The van der Waals surface area contributed by atoms with Gasteiger partial charge < -0.3 is 15.4 Å². The Hall–Kier alpha value is -0.120. The van der Waals surface area contributed by atoms with Gasteiger partial charge in [-0.15, -0.1) is 0 Å². The highest BCUT2D eigenvalue weighted by molar-refractivity contribution is 4.79. The lowest BCUT2D eigenvalue weighted by Crippen LogP contribution is -2.39. The van der Waals surface area contributed by atoms with Gasteiger partial charge in [0.15, 0.2) is 0 Å². The average molecular weight is 282 g/mol. The second kappa shape index (κ2) is 9.75. The summed E-state index contributed by atoms with van der Waals surface area (Å²) < 4.78 is 6.55. The van der Waals surface area contributed by atoms with E-state index in [2.05, 4.69) is 17.6 Å². The maximum absolute atomic E-state index is 6.55. The normalized spacial score (nSPS) is 27.1. The molecule has 2 atom stereocenters. The van der Waals surface area contributed by atoms with Crippen LogP contribution in [0.25, 0.3) is 0 Å². The maximum Gasteiger partial charge on any atom is 0.0619 e. The van der Waals surface area contributed by atoms with Crippen LogP contribution in [0.5, 0.6) is 0 Å². The molecular formula is C17H34N2O. The standard InChI is InChI=1S/C17H34N2O/c1-2-3-4-8-17(15-7-5-6-11-19-14-15)20-16-9-12-18-13-10-16/h15-19H,2-14H2,1H3. The second-order valence-electron chi connectivity index (χ2n) is 6.58. The summed E-state index contributed by atoms with van der Waals surface area (Å²) in [5.41, 5.74) is 0. The zero-order valence-corrected chi connectivity index (χ0v) is 13.3. The van der Waals surface area contributed by atoms with E-state index in [0.29, 0.717) is 12.2 Å². The van der Waals surface area contributed by atoms with E-state index in [-0.39, 0.29) is 0 Å². The van der Waals surface area contributed by atoms with Gasteiger partial charge in [0.2, 0.25) is 0 Å². The molecule has 0 bridgehead atoms. The smallest absolute Gasteiger partial charge is 0.0619 e. The molecule has 2 saturated heterocycles. The van der Waals surface area contributed by atoms with Gasteiger partial charge >= 0.3 is 0 Å². The summed E-state index contributed by atoms with van der Waals surface area (Å²) in [5, 5.41) is 7.05. The molecule has 0 saturated carbocycles. The number of ether oxygens (including phenoxy) is 1. The van der Waals surface area contributed by atoms with Crippen LogP contribution in [0.15, 0.2) is 0 Å². The molecule has 0 aromatic rings. The van der Waals surface area contributed by atoms with Crippen LogP contribution >= 0.6 is 0 Å². The Kier molecular flexibility index (Phi) is 7.92. The molecule has 20 heavy (non-hydrogen) atoms. The van der Waals surface area contributed by atoms with Crippen molar-refractivity contribution < 1.29 is 4.74 Å². The number of hydrogen-bond donors (Lipinski definition) is 2. The summed E-state index contributed by atoms with van der Waals surface area (Å²) in [5.74, 6) is 0.740. The Morgan fingerprint density at radius 3 is 2.65 bits per heavy atom. The van der Waals surface area contributed by atoms with Crippen LogP contribution in [0.3, 0.4) is 0 Å². The Morgan fingerprint density at radius 1 is 1.00 bits per heavy atom.